The predicted octanol–water partition coefficient (Wildman–Crippen LogP) is 2.49. The number of hydrogen-bond donors (Lipinski definition) is 1. The fourth-order valence-electron chi connectivity index (χ4n) is 2.95. The van der Waals surface area contributed by atoms with Crippen LogP contribution in [0.25, 0.3) is 0 Å². The van der Waals surface area contributed by atoms with Gasteiger partial charge in [-0.05, 0) is 44.0 Å². The van der Waals surface area contributed by atoms with Crippen molar-refractivity contribution in [3.05, 3.63) is 47.7 Å². The first-order chi connectivity index (χ1) is 11.4. The van der Waals surface area contributed by atoms with Gasteiger partial charge < -0.3 is 5.32 Å². The number of anilines is 1. The van der Waals surface area contributed by atoms with E-state index in [1.165, 1.54) is 16.4 Å². The lowest BCUT2D eigenvalue weighted by Gasteiger charge is -2.24. The molecule has 1 saturated heterocycles. The van der Waals surface area contributed by atoms with Crippen LogP contribution in [0.15, 0.2) is 35.2 Å². The minimum Gasteiger partial charge on any atom is -0.373 e. The molecule has 128 valence electrons. The Labute approximate surface area is 140 Å². The van der Waals surface area contributed by atoms with Crippen LogP contribution in [0.2, 0.25) is 0 Å². The SMILES string of the molecule is CNc1cc(C2CCCN2S(=O)(=O)c2ccc(F)cc2)nc(C)n1. The molecule has 1 aliphatic heterocycles. The molecular formula is C16H19FN4O2S. The van der Waals surface area contributed by atoms with Gasteiger partial charge in [0.25, 0.3) is 0 Å². The monoisotopic (exact) mass is 350 g/mol. The molecule has 24 heavy (non-hydrogen) atoms. The maximum atomic E-state index is 13.1. The van der Waals surface area contributed by atoms with Crippen molar-refractivity contribution >= 4 is 15.8 Å². The average molecular weight is 350 g/mol. The Morgan fingerprint density at radius 1 is 1.25 bits per heavy atom. The van der Waals surface area contributed by atoms with Crippen LogP contribution in [-0.4, -0.2) is 36.3 Å². The molecule has 0 spiro atoms. The van der Waals surface area contributed by atoms with Crippen LogP contribution in [0.1, 0.15) is 30.4 Å². The Kier molecular flexibility index (Phi) is 4.51. The molecular weight excluding hydrogens is 331 g/mol. The largest absolute Gasteiger partial charge is 0.373 e. The highest BCUT2D eigenvalue weighted by Crippen LogP contribution is 2.36. The summed E-state index contributed by atoms with van der Waals surface area (Å²) in [5.74, 6) is 0.781. The van der Waals surface area contributed by atoms with Crippen molar-refractivity contribution < 1.29 is 12.8 Å². The second-order valence-electron chi connectivity index (χ2n) is 5.70. The van der Waals surface area contributed by atoms with Crippen LogP contribution >= 0.6 is 0 Å². The van der Waals surface area contributed by atoms with Crippen LogP contribution < -0.4 is 5.32 Å². The third kappa shape index (κ3) is 3.11. The van der Waals surface area contributed by atoms with E-state index in [1.54, 1.807) is 20.0 Å². The molecule has 0 aliphatic carbocycles. The summed E-state index contributed by atoms with van der Waals surface area (Å²) in [6, 6.07) is 6.34. The highest BCUT2D eigenvalue weighted by molar-refractivity contribution is 7.89. The molecule has 1 aromatic heterocycles. The smallest absolute Gasteiger partial charge is 0.243 e. The highest BCUT2D eigenvalue weighted by Gasteiger charge is 2.37. The molecule has 3 rings (SSSR count). The van der Waals surface area contributed by atoms with Crippen molar-refractivity contribution in [2.24, 2.45) is 0 Å². The lowest BCUT2D eigenvalue weighted by molar-refractivity contribution is 0.389. The van der Waals surface area contributed by atoms with E-state index in [2.05, 4.69) is 15.3 Å². The van der Waals surface area contributed by atoms with Gasteiger partial charge in [-0.2, -0.15) is 4.31 Å². The van der Waals surface area contributed by atoms with E-state index < -0.39 is 15.8 Å². The van der Waals surface area contributed by atoms with Crippen molar-refractivity contribution in [1.29, 1.82) is 0 Å². The van der Waals surface area contributed by atoms with Crippen molar-refractivity contribution in [3.63, 3.8) is 0 Å². The first-order valence-corrected chi connectivity index (χ1v) is 9.16. The van der Waals surface area contributed by atoms with Crippen LogP contribution in [0.4, 0.5) is 10.2 Å². The second kappa shape index (κ2) is 6.45. The van der Waals surface area contributed by atoms with Crippen molar-refractivity contribution in [2.75, 3.05) is 18.9 Å². The Morgan fingerprint density at radius 3 is 2.62 bits per heavy atom. The van der Waals surface area contributed by atoms with Gasteiger partial charge in [0.2, 0.25) is 10.0 Å². The number of nitrogens with one attached hydrogen (secondary N) is 1. The quantitative estimate of drug-likeness (QED) is 0.917. The fourth-order valence-corrected chi connectivity index (χ4v) is 4.62. The van der Waals surface area contributed by atoms with Gasteiger partial charge in [-0.25, -0.2) is 22.8 Å². The Hall–Kier alpha value is -2.06. The first-order valence-electron chi connectivity index (χ1n) is 7.72. The van der Waals surface area contributed by atoms with Crippen LogP contribution in [0, 0.1) is 12.7 Å². The van der Waals surface area contributed by atoms with E-state index in [0.717, 1.165) is 18.6 Å². The summed E-state index contributed by atoms with van der Waals surface area (Å²) in [7, 11) is -1.94. The third-order valence-corrected chi connectivity index (χ3v) is 6.00. The summed E-state index contributed by atoms with van der Waals surface area (Å²) < 4.78 is 40.4. The van der Waals surface area contributed by atoms with E-state index in [-0.39, 0.29) is 10.9 Å². The van der Waals surface area contributed by atoms with E-state index >= 15 is 0 Å². The normalized spacial score (nSPS) is 18.7. The van der Waals surface area contributed by atoms with Gasteiger partial charge in [0.05, 0.1) is 16.6 Å². The van der Waals surface area contributed by atoms with Gasteiger partial charge in [-0.3, -0.25) is 0 Å². The number of aryl methyl sites for hydroxylation is 1. The molecule has 1 aliphatic rings. The van der Waals surface area contributed by atoms with Gasteiger partial charge in [0.15, 0.2) is 0 Å². The first kappa shape index (κ1) is 16.8. The highest BCUT2D eigenvalue weighted by atomic mass is 32.2. The summed E-state index contributed by atoms with van der Waals surface area (Å²) in [6.07, 6.45) is 1.45. The molecule has 1 unspecified atom stereocenters. The molecule has 8 heteroatoms. The van der Waals surface area contributed by atoms with Gasteiger partial charge in [-0.1, -0.05) is 0 Å². The zero-order valence-corrected chi connectivity index (χ0v) is 14.3. The molecule has 1 fully saturated rings. The number of benzene rings is 1. The van der Waals surface area contributed by atoms with E-state index in [4.69, 9.17) is 0 Å². The number of sulfonamides is 1. The van der Waals surface area contributed by atoms with E-state index in [9.17, 15) is 12.8 Å². The van der Waals surface area contributed by atoms with Crippen LogP contribution in [0.3, 0.4) is 0 Å². The molecule has 0 amide bonds. The molecule has 2 heterocycles. The standard InChI is InChI=1S/C16H19FN4O2S/c1-11-19-14(10-16(18-2)20-11)15-4-3-9-21(15)24(22,23)13-7-5-12(17)6-8-13/h5-8,10,15H,3-4,9H2,1-2H3,(H,18,19,20). The second-order valence-corrected chi connectivity index (χ2v) is 7.59. The zero-order valence-electron chi connectivity index (χ0n) is 13.5. The van der Waals surface area contributed by atoms with Crippen molar-refractivity contribution in [3.8, 4) is 0 Å². The molecule has 2 aromatic rings. The predicted molar refractivity (Wildman–Crippen MR) is 88.6 cm³/mol. The van der Waals surface area contributed by atoms with Crippen molar-refractivity contribution in [1.82, 2.24) is 14.3 Å². The van der Waals surface area contributed by atoms with Gasteiger partial charge >= 0.3 is 0 Å². The third-order valence-electron chi connectivity index (χ3n) is 4.08. The topological polar surface area (TPSA) is 75.2 Å². The Morgan fingerprint density at radius 2 is 1.96 bits per heavy atom. The van der Waals surface area contributed by atoms with Gasteiger partial charge in [0.1, 0.15) is 17.5 Å². The molecule has 0 saturated carbocycles. The average Bonchev–Trinajstić information content (AvgIpc) is 3.05. The molecule has 0 bridgehead atoms. The molecule has 1 aromatic carbocycles. The van der Waals surface area contributed by atoms with E-state index in [1.807, 2.05) is 0 Å². The van der Waals surface area contributed by atoms with Crippen molar-refractivity contribution in [2.45, 2.75) is 30.7 Å². The number of hydrogen-bond acceptors (Lipinski definition) is 5. The molecule has 1 atom stereocenters. The summed E-state index contributed by atoms with van der Waals surface area (Å²) in [5, 5.41) is 2.96. The minimum absolute atomic E-state index is 0.0930. The maximum absolute atomic E-state index is 13.1. The lowest BCUT2D eigenvalue weighted by atomic mass is 10.1. The summed E-state index contributed by atoms with van der Waals surface area (Å²) in [4.78, 5) is 8.76. The minimum atomic E-state index is -3.70. The van der Waals surface area contributed by atoms with Gasteiger partial charge in [0, 0.05) is 19.7 Å². The summed E-state index contributed by atoms with van der Waals surface area (Å²) >= 11 is 0. The van der Waals surface area contributed by atoms with E-state index in [0.29, 0.717) is 30.3 Å². The number of rotatable bonds is 4. The molecule has 0 radical (unpaired) electrons. The van der Waals surface area contributed by atoms with Crippen LogP contribution in [-0.2, 0) is 10.0 Å². The van der Waals surface area contributed by atoms with Gasteiger partial charge in [-0.15, -0.1) is 0 Å². The fraction of sp³-hybridized carbons (Fsp3) is 0.375. The zero-order chi connectivity index (χ0) is 17.3. The van der Waals surface area contributed by atoms with Crippen LogP contribution in [0.5, 0.6) is 0 Å². The summed E-state index contributed by atoms with van der Waals surface area (Å²) in [5.41, 5.74) is 0.676. The Balaban J connectivity index is 1.98. The number of aromatic nitrogens is 2. The number of nitrogens with zero attached hydrogens (tertiary/aromatic N) is 3. The Bertz CT molecular complexity index is 840. The lowest BCUT2D eigenvalue weighted by Crippen LogP contribution is -2.31. The number of halogens is 1. The maximum Gasteiger partial charge on any atom is 0.243 e. The molecule has 1 N–H and O–H groups in total. The molecule has 6 nitrogen and oxygen atoms in total. The summed E-state index contributed by atoms with van der Waals surface area (Å²) in [6.45, 7) is 2.19.